The number of benzene rings is 4. The molecule has 282 valence electrons. The van der Waals surface area contributed by atoms with E-state index in [0.29, 0.717) is 11.1 Å². The first-order chi connectivity index (χ1) is 25.7. The van der Waals surface area contributed by atoms with Gasteiger partial charge in [0.15, 0.2) is 11.4 Å². The number of hydrogen-bond acceptors (Lipinski definition) is 12. The number of halogens is 4. The SMILES string of the molecule is COc1cc(NC(=O)C(N=Nc2ccc(-c3ccc(N=NC(C(=O)Nc4cc(OC)c(Cl)cc4OC)=C(C)O)c(Cl)c3)cc2Cl)=C(C)O)c(OC)cc1Cl. The van der Waals surface area contributed by atoms with Crippen molar-refractivity contribution in [3.05, 3.63) is 104 Å². The number of amides is 2. The minimum Gasteiger partial charge on any atom is -0.510 e. The van der Waals surface area contributed by atoms with Crippen molar-refractivity contribution >= 4 is 81.0 Å². The maximum atomic E-state index is 13.1. The Morgan fingerprint density at radius 2 is 0.889 bits per heavy atom. The molecule has 4 N–H and O–H groups in total. The first-order valence-corrected chi connectivity index (χ1v) is 16.9. The van der Waals surface area contributed by atoms with Crippen molar-refractivity contribution in [2.45, 2.75) is 13.8 Å². The molecule has 0 radical (unpaired) electrons. The smallest absolute Gasteiger partial charge is 0.279 e. The van der Waals surface area contributed by atoms with E-state index in [0.717, 1.165) is 0 Å². The topological polar surface area (TPSA) is 185 Å². The number of hydrogen-bond donors (Lipinski definition) is 4. The molecule has 54 heavy (non-hydrogen) atoms. The van der Waals surface area contributed by atoms with Gasteiger partial charge in [-0.2, -0.15) is 0 Å². The van der Waals surface area contributed by atoms with Gasteiger partial charge in [0.05, 0.1) is 59.9 Å². The highest BCUT2D eigenvalue weighted by Crippen LogP contribution is 2.39. The molecule has 0 saturated heterocycles. The summed E-state index contributed by atoms with van der Waals surface area (Å²) in [5.41, 5.74) is 1.32. The highest BCUT2D eigenvalue weighted by atomic mass is 35.5. The van der Waals surface area contributed by atoms with Crippen LogP contribution in [0.2, 0.25) is 20.1 Å². The number of rotatable bonds is 13. The van der Waals surface area contributed by atoms with E-state index in [1.54, 1.807) is 36.4 Å². The van der Waals surface area contributed by atoms with Crippen molar-refractivity contribution in [2.24, 2.45) is 20.5 Å². The Morgan fingerprint density at radius 1 is 0.537 bits per heavy atom. The number of allylic oxidation sites excluding steroid dienone is 2. The van der Waals surface area contributed by atoms with Gasteiger partial charge in [0.2, 0.25) is 0 Å². The summed E-state index contributed by atoms with van der Waals surface area (Å²) in [7, 11) is 5.64. The van der Waals surface area contributed by atoms with Gasteiger partial charge in [-0.3, -0.25) is 9.59 Å². The van der Waals surface area contributed by atoms with Crippen molar-refractivity contribution in [1.29, 1.82) is 0 Å². The second-order valence-corrected chi connectivity index (χ2v) is 12.5. The lowest BCUT2D eigenvalue weighted by Gasteiger charge is -2.13. The molecular weight excluding hydrogens is 786 g/mol. The van der Waals surface area contributed by atoms with Crippen molar-refractivity contribution in [1.82, 2.24) is 0 Å². The summed E-state index contributed by atoms with van der Waals surface area (Å²) >= 11 is 25.4. The van der Waals surface area contributed by atoms with Crippen LogP contribution < -0.4 is 29.6 Å². The summed E-state index contributed by atoms with van der Waals surface area (Å²) in [6.07, 6.45) is 0. The van der Waals surface area contributed by atoms with Crippen molar-refractivity contribution in [3.8, 4) is 34.1 Å². The quantitative estimate of drug-likeness (QED) is 0.0583. The molecule has 0 bridgehead atoms. The predicted octanol–water partition coefficient (Wildman–Crippen LogP) is 11.0. The highest BCUT2D eigenvalue weighted by Gasteiger charge is 2.20. The van der Waals surface area contributed by atoms with Crippen LogP contribution in [0.15, 0.2) is 104 Å². The number of nitrogens with zero attached hydrogens (tertiary/aromatic N) is 4. The molecular formula is C36H32Cl4N6O8. The van der Waals surface area contributed by atoms with E-state index in [-0.39, 0.29) is 77.2 Å². The zero-order valence-electron chi connectivity index (χ0n) is 29.4. The lowest BCUT2D eigenvalue weighted by atomic mass is 10.1. The van der Waals surface area contributed by atoms with Gasteiger partial charge in [-0.1, -0.05) is 58.5 Å². The number of ether oxygens (including phenoxy) is 4. The zero-order chi connectivity index (χ0) is 39.7. The first-order valence-electron chi connectivity index (χ1n) is 15.4. The van der Waals surface area contributed by atoms with E-state index >= 15 is 0 Å². The molecule has 0 aliphatic rings. The van der Waals surface area contributed by atoms with Crippen LogP contribution in [0.25, 0.3) is 11.1 Å². The Balaban J connectivity index is 1.51. The number of anilines is 2. The highest BCUT2D eigenvalue weighted by molar-refractivity contribution is 6.34. The Hall–Kier alpha value is -5.54. The van der Waals surface area contributed by atoms with Gasteiger partial charge < -0.3 is 39.8 Å². The van der Waals surface area contributed by atoms with Gasteiger partial charge in [-0.25, -0.2) is 0 Å². The summed E-state index contributed by atoms with van der Waals surface area (Å²) in [4.78, 5) is 26.1. The van der Waals surface area contributed by atoms with E-state index in [1.807, 2.05) is 0 Å². The lowest BCUT2D eigenvalue weighted by molar-refractivity contribution is -0.113. The van der Waals surface area contributed by atoms with Gasteiger partial charge in [0, 0.05) is 24.3 Å². The van der Waals surface area contributed by atoms with Crippen LogP contribution >= 0.6 is 46.4 Å². The van der Waals surface area contributed by atoms with E-state index in [4.69, 9.17) is 65.4 Å². The number of nitrogens with one attached hydrogen (secondary N) is 2. The van der Waals surface area contributed by atoms with Crippen LogP contribution in [0.3, 0.4) is 0 Å². The summed E-state index contributed by atoms with van der Waals surface area (Å²) in [5, 5.41) is 42.6. The monoisotopic (exact) mass is 816 g/mol. The Morgan fingerprint density at radius 3 is 1.19 bits per heavy atom. The van der Waals surface area contributed by atoms with E-state index < -0.39 is 23.3 Å². The third-order valence-electron chi connectivity index (χ3n) is 7.30. The van der Waals surface area contributed by atoms with Gasteiger partial charge in [-0.15, -0.1) is 20.5 Å². The molecule has 0 aliphatic heterocycles. The summed E-state index contributed by atoms with van der Waals surface area (Å²) < 4.78 is 21.0. The Kier molecular flexibility index (Phi) is 14.1. The van der Waals surface area contributed by atoms with Crippen LogP contribution in [0.1, 0.15) is 13.8 Å². The number of carbonyl (C=O) groups is 2. The van der Waals surface area contributed by atoms with E-state index in [1.165, 1.54) is 66.6 Å². The Labute approximate surface area is 329 Å². The second kappa shape index (κ2) is 18.5. The predicted molar refractivity (Wildman–Crippen MR) is 208 cm³/mol. The maximum absolute atomic E-state index is 13.1. The number of carbonyl (C=O) groups excluding carboxylic acids is 2. The second-order valence-electron chi connectivity index (χ2n) is 10.9. The van der Waals surface area contributed by atoms with E-state index in [2.05, 4.69) is 31.1 Å². The average molecular weight is 818 g/mol. The summed E-state index contributed by atoms with van der Waals surface area (Å²) in [6.45, 7) is 2.55. The molecule has 0 heterocycles. The van der Waals surface area contributed by atoms with Crippen molar-refractivity contribution in [2.75, 3.05) is 39.1 Å². The molecule has 0 fully saturated rings. The normalized spacial score (nSPS) is 12.3. The van der Waals surface area contributed by atoms with Crippen molar-refractivity contribution in [3.63, 3.8) is 0 Å². The molecule has 0 saturated carbocycles. The molecule has 0 unspecified atom stereocenters. The third kappa shape index (κ3) is 9.90. The van der Waals surface area contributed by atoms with E-state index in [9.17, 15) is 19.8 Å². The van der Waals surface area contributed by atoms with Gasteiger partial charge in [0.1, 0.15) is 45.9 Å². The standard InChI is InChI=1S/C36H32Cl4N6O8/c1-17(47)33(35(49)41-27-15-29(51-3)23(39)13-31(27)53-5)45-43-25-9-7-19(11-21(25)37)20-8-10-26(22(38)12-20)44-46-34(18(2)48)36(50)42-28-16-30(52-4)24(40)14-32(28)54-6/h7-16,47-48H,1-6H3,(H,41,49)(H,42,50). The van der Waals surface area contributed by atoms with Gasteiger partial charge in [-0.05, 0) is 49.2 Å². The fourth-order valence-corrected chi connectivity index (χ4v) is 5.48. The summed E-state index contributed by atoms with van der Waals surface area (Å²) in [6, 6.07) is 15.5. The fraction of sp³-hybridized carbons (Fsp3) is 0.167. The van der Waals surface area contributed by atoms with Crippen LogP contribution in [0.5, 0.6) is 23.0 Å². The van der Waals surface area contributed by atoms with Crippen LogP contribution in [-0.2, 0) is 9.59 Å². The number of methoxy groups -OCH3 is 4. The minimum absolute atomic E-state index is 0.171. The molecule has 0 atom stereocenters. The number of aliphatic hydroxyl groups is 2. The van der Waals surface area contributed by atoms with Gasteiger partial charge in [0.25, 0.3) is 11.8 Å². The maximum Gasteiger partial charge on any atom is 0.279 e. The first kappa shape index (κ1) is 41.2. The Bertz CT molecular complexity index is 2060. The average Bonchev–Trinajstić information content (AvgIpc) is 3.13. The zero-order valence-corrected chi connectivity index (χ0v) is 32.4. The fourth-order valence-electron chi connectivity index (χ4n) is 4.59. The van der Waals surface area contributed by atoms with Crippen molar-refractivity contribution < 1.29 is 38.7 Å². The van der Waals surface area contributed by atoms with Crippen LogP contribution in [-0.4, -0.2) is 50.5 Å². The molecule has 0 spiro atoms. The number of aliphatic hydroxyl groups excluding tert-OH is 2. The molecule has 0 aliphatic carbocycles. The lowest BCUT2D eigenvalue weighted by Crippen LogP contribution is -2.15. The third-order valence-corrected chi connectivity index (χ3v) is 8.50. The molecule has 4 rings (SSSR count). The molecule has 2 amide bonds. The molecule has 0 aromatic heterocycles. The summed E-state index contributed by atoms with van der Waals surface area (Å²) in [5.74, 6) is -1.32. The molecule has 14 nitrogen and oxygen atoms in total. The van der Waals surface area contributed by atoms with Crippen LogP contribution in [0.4, 0.5) is 22.7 Å². The van der Waals surface area contributed by atoms with Crippen LogP contribution in [0, 0.1) is 0 Å². The largest absolute Gasteiger partial charge is 0.510 e. The molecule has 4 aromatic rings. The number of azo groups is 2. The molecule has 4 aromatic carbocycles. The minimum atomic E-state index is -0.791. The van der Waals surface area contributed by atoms with Gasteiger partial charge >= 0.3 is 0 Å². The molecule has 18 heteroatoms.